The van der Waals surface area contributed by atoms with Crippen molar-refractivity contribution in [2.24, 2.45) is 11.1 Å². The van der Waals surface area contributed by atoms with E-state index in [0.29, 0.717) is 34.4 Å². The molecule has 3 N–H and O–H groups in total. The number of amides is 2. The number of rotatable bonds is 7. The smallest absolute Gasteiger partial charge is 0.390 e. The number of primary amides is 1. The summed E-state index contributed by atoms with van der Waals surface area (Å²) in [5.74, 6) is -1.13. The number of nitrogens with two attached hydrogens (primary N) is 1. The normalized spacial score (nSPS) is 15.2. The summed E-state index contributed by atoms with van der Waals surface area (Å²) < 4.78 is 40.0. The summed E-state index contributed by atoms with van der Waals surface area (Å²) in [5, 5.41) is 10.0. The van der Waals surface area contributed by atoms with Gasteiger partial charge in [0.05, 0.1) is 27.7 Å². The molecule has 0 bridgehead atoms. The van der Waals surface area contributed by atoms with Gasteiger partial charge in [0, 0.05) is 49.4 Å². The molecule has 4 heterocycles. The third-order valence-electron chi connectivity index (χ3n) is 7.20. The zero-order valence-corrected chi connectivity index (χ0v) is 22.7. The molecule has 41 heavy (non-hydrogen) atoms. The van der Waals surface area contributed by atoms with Crippen LogP contribution in [0.3, 0.4) is 0 Å². The number of halogens is 3. The van der Waals surface area contributed by atoms with Gasteiger partial charge < -0.3 is 15.7 Å². The van der Waals surface area contributed by atoms with E-state index >= 15 is 0 Å². The third kappa shape index (κ3) is 5.78. The number of alkyl halides is 3. The Morgan fingerprint density at radius 1 is 1.12 bits per heavy atom. The van der Waals surface area contributed by atoms with Crippen molar-refractivity contribution in [3.63, 3.8) is 0 Å². The lowest BCUT2D eigenvalue weighted by atomic mass is 9.75. The predicted molar refractivity (Wildman–Crippen MR) is 149 cm³/mol. The fraction of sp³-hybridized carbons (Fsp3) is 0.333. The summed E-state index contributed by atoms with van der Waals surface area (Å²) in [4.78, 5) is 44.8. The average Bonchev–Trinajstić information content (AvgIpc) is 3.36. The number of thiazole rings is 1. The predicted octanol–water partition coefficient (Wildman–Crippen LogP) is 5.34. The molecular formula is C27H26F3N7O3S. The van der Waals surface area contributed by atoms with Gasteiger partial charge in [-0.1, -0.05) is 17.4 Å². The Labute approximate surface area is 236 Å². The molecule has 0 spiro atoms. The van der Waals surface area contributed by atoms with Gasteiger partial charge in [-0.25, -0.2) is 19.7 Å². The van der Waals surface area contributed by atoms with Crippen molar-refractivity contribution in [2.45, 2.75) is 32.4 Å². The molecule has 1 aromatic carbocycles. The number of pyridine rings is 1. The van der Waals surface area contributed by atoms with Crippen molar-refractivity contribution >= 4 is 44.6 Å². The maximum Gasteiger partial charge on any atom is 0.390 e. The number of anilines is 2. The fourth-order valence-corrected chi connectivity index (χ4v) is 6.16. The summed E-state index contributed by atoms with van der Waals surface area (Å²) >= 11 is 1.33. The van der Waals surface area contributed by atoms with Crippen LogP contribution in [0, 0.1) is 5.41 Å². The monoisotopic (exact) mass is 585 g/mol. The van der Waals surface area contributed by atoms with Gasteiger partial charge >= 0.3 is 18.2 Å². The fourth-order valence-electron chi connectivity index (χ4n) is 5.02. The van der Waals surface area contributed by atoms with Gasteiger partial charge in [0.15, 0.2) is 5.13 Å². The zero-order valence-electron chi connectivity index (χ0n) is 21.9. The van der Waals surface area contributed by atoms with Crippen LogP contribution in [-0.4, -0.2) is 62.9 Å². The first-order chi connectivity index (χ1) is 19.5. The highest BCUT2D eigenvalue weighted by atomic mass is 32.1. The van der Waals surface area contributed by atoms with E-state index in [9.17, 15) is 27.9 Å². The van der Waals surface area contributed by atoms with Gasteiger partial charge in [0.25, 0.3) is 0 Å². The number of carbonyl (C=O) groups excluding carboxylic acids is 1. The van der Waals surface area contributed by atoms with Crippen LogP contribution in [0.15, 0.2) is 48.9 Å². The van der Waals surface area contributed by atoms with Crippen LogP contribution in [0.5, 0.6) is 0 Å². The molecule has 0 radical (unpaired) electrons. The molecule has 0 unspecified atom stereocenters. The Bertz CT molecular complexity index is 1570. The van der Waals surface area contributed by atoms with E-state index in [1.807, 2.05) is 30.3 Å². The second-order valence-electron chi connectivity index (χ2n) is 9.80. The Morgan fingerprint density at radius 3 is 2.39 bits per heavy atom. The minimum Gasteiger partial charge on any atom is -0.481 e. The number of benzene rings is 1. The van der Waals surface area contributed by atoms with E-state index in [1.165, 1.54) is 16.2 Å². The molecule has 14 heteroatoms. The summed E-state index contributed by atoms with van der Waals surface area (Å²) in [5.41, 5.74) is 7.26. The molecule has 1 fully saturated rings. The number of nitrogens with zero attached hydrogens (tertiary/aromatic N) is 6. The second kappa shape index (κ2) is 10.9. The molecule has 4 aromatic rings. The highest BCUT2D eigenvalue weighted by molar-refractivity contribution is 7.23. The number of carboxylic acids is 1. The van der Waals surface area contributed by atoms with E-state index in [4.69, 9.17) is 5.73 Å². The number of piperidine rings is 1. The second-order valence-corrected chi connectivity index (χ2v) is 10.8. The lowest BCUT2D eigenvalue weighted by Crippen LogP contribution is -2.47. The van der Waals surface area contributed by atoms with E-state index in [2.05, 4.69) is 19.9 Å². The maximum absolute atomic E-state index is 13.1. The molecule has 1 aliphatic rings. The quantitative estimate of drug-likeness (QED) is 0.296. The highest BCUT2D eigenvalue weighted by Crippen LogP contribution is 2.43. The Hall–Kier alpha value is -4.33. The molecule has 0 saturated carbocycles. The number of aromatic nitrogens is 4. The molecule has 214 valence electrons. The molecule has 2 amide bonds. The molecular weight excluding hydrogens is 559 g/mol. The van der Waals surface area contributed by atoms with Crippen molar-refractivity contribution in [1.29, 1.82) is 0 Å². The number of urea groups is 1. The maximum atomic E-state index is 13.1. The van der Waals surface area contributed by atoms with Gasteiger partial charge in [-0.2, -0.15) is 13.2 Å². The zero-order chi connectivity index (χ0) is 29.4. The van der Waals surface area contributed by atoms with Gasteiger partial charge in [-0.3, -0.25) is 14.7 Å². The van der Waals surface area contributed by atoms with Crippen molar-refractivity contribution in [1.82, 2.24) is 19.9 Å². The van der Waals surface area contributed by atoms with Crippen molar-refractivity contribution in [3.05, 3.63) is 48.9 Å². The molecule has 3 aromatic heterocycles. The minimum absolute atomic E-state index is 0.0902. The Kier molecular flexibility index (Phi) is 7.51. The van der Waals surface area contributed by atoms with Gasteiger partial charge in [-0.05, 0) is 49.6 Å². The van der Waals surface area contributed by atoms with E-state index in [0.717, 1.165) is 15.8 Å². The molecule has 1 saturated heterocycles. The van der Waals surface area contributed by atoms with Crippen LogP contribution in [-0.2, 0) is 4.79 Å². The number of hydrogen-bond donors (Lipinski definition) is 2. The van der Waals surface area contributed by atoms with E-state index < -0.39 is 30.0 Å². The SMILES string of the molecule is CCN(C(N)=O)c1nc2cc(-c3cnc(N4CCC(CC(F)(F)F)(C(=O)O)CC4)nc3)cc(-c3ccccn3)c2s1. The first-order valence-corrected chi connectivity index (χ1v) is 13.6. The first kappa shape index (κ1) is 28.2. The van der Waals surface area contributed by atoms with Crippen molar-refractivity contribution in [2.75, 3.05) is 29.4 Å². The van der Waals surface area contributed by atoms with E-state index in [1.54, 1.807) is 30.4 Å². The first-order valence-electron chi connectivity index (χ1n) is 12.8. The molecule has 10 nitrogen and oxygen atoms in total. The Balaban J connectivity index is 1.45. The lowest BCUT2D eigenvalue weighted by molar-refractivity contribution is -0.181. The number of carbonyl (C=O) groups is 2. The van der Waals surface area contributed by atoms with Gasteiger partial charge in [-0.15, -0.1) is 0 Å². The van der Waals surface area contributed by atoms with Crippen LogP contribution in [0.2, 0.25) is 0 Å². The van der Waals surface area contributed by atoms with Crippen molar-refractivity contribution in [3.8, 4) is 22.4 Å². The number of fused-ring (bicyclic) bond motifs is 1. The summed E-state index contributed by atoms with van der Waals surface area (Å²) in [7, 11) is 0. The van der Waals surface area contributed by atoms with Crippen LogP contribution in [0.1, 0.15) is 26.2 Å². The molecule has 5 rings (SSSR count). The molecule has 1 aliphatic heterocycles. The van der Waals surface area contributed by atoms with Crippen LogP contribution < -0.4 is 15.5 Å². The third-order valence-corrected chi connectivity index (χ3v) is 8.33. The lowest BCUT2D eigenvalue weighted by Gasteiger charge is -2.39. The largest absolute Gasteiger partial charge is 0.481 e. The van der Waals surface area contributed by atoms with Crippen LogP contribution in [0.4, 0.5) is 29.0 Å². The molecule has 0 atom stereocenters. The summed E-state index contributed by atoms with van der Waals surface area (Å²) in [6, 6.07) is 8.74. The van der Waals surface area contributed by atoms with E-state index in [-0.39, 0.29) is 25.9 Å². The number of aliphatic carboxylic acids is 1. The van der Waals surface area contributed by atoms with Gasteiger partial charge in [0.1, 0.15) is 0 Å². The topological polar surface area (TPSA) is 138 Å². The number of carboxylic acid groups (broad SMARTS) is 1. The van der Waals surface area contributed by atoms with Gasteiger partial charge in [0.2, 0.25) is 5.95 Å². The average molecular weight is 586 g/mol. The highest BCUT2D eigenvalue weighted by Gasteiger charge is 2.49. The minimum atomic E-state index is -4.57. The Morgan fingerprint density at radius 2 is 1.83 bits per heavy atom. The van der Waals surface area contributed by atoms with Crippen molar-refractivity contribution < 1.29 is 27.9 Å². The standard InChI is InChI=1S/C27H26F3N7O3S/c1-2-37(23(31)40)25-35-20-12-16(11-18(21(20)41-25)19-5-3-4-8-32-19)17-13-33-24(34-14-17)36-9-6-26(7-10-36,22(38)39)15-27(28,29)30/h3-5,8,11-14H,2,6-7,9-10,15H2,1H3,(H2,31,40)(H,38,39). The van der Waals surface area contributed by atoms with Crippen LogP contribution in [0.25, 0.3) is 32.6 Å². The number of hydrogen-bond acceptors (Lipinski definition) is 8. The molecule has 0 aliphatic carbocycles. The summed E-state index contributed by atoms with van der Waals surface area (Å²) in [6.45, 7) is 2.34. The summed E-state index contributed by atoms with van der Waals surface area (Å²) in [6.07, 6.45) is -1.36. The van der Waals surface area contributed by atoms with Crippen LogP contribution >= 0.6 is 11.3 Å².